The van der Waals surface area contributed by atoms with Gasteiger partial charge in [0.25, 0.3) is 0 Å². The summed E-state index contributed by atoms with van der Waals surface area (Å²) in [6.07, 6.45) is 1.40. The quantitative estimate of drug-likeness (QED) is 0.850. The summed E-state index contributed by atoms with van der Waals surface area (Å²) in [5, 5.41) is 3.02. The Morgan fingerprint density at radius 1 is 0.926 bits per heavy atom. The van der Waals surface area contributed by atoms with Crippen LogP contribution in [0, 0.1) is 0 Å². The highest BCUT2D eigenvalue weighted by molar-refractivity contribution is 5.76. The third-order valence-corrected chi connectivity index (χ3v) is 4.41. The van der Waals surface area contributed by atoms with Crippen molar-refractivity contribution < 1.29 is 19.1 Å². The first kappa shape index (κ1) is 18.8. The van der Waals surface area contributed by atoms with E-state index in [9.17, 15) is 9.59 Å². The number of amides is 2. The summed E-state index contributed by atoms with van der Waals surface area (Å²) >= 11 is 0. The van der Waals surface area contributed by atoms with E-state index < -0.39 is 0 Å². The Morgan fingerprint density at radius 3 is 2.15 bits per heavy atom. The lowest BCUT2D eigenvalue weighted by Crippen LogP contribution is -2.47. The van der Waals surface area contributed by atoms with Gasteiger partial charge < -0.3 is 19.7 Å². The summed E-state index contributed by atoms with van der Waals surface area (Å²) < 4.78 is 10.9. The zero-order valence-corrected chi connectivity index (χ0v) is 15.2. The largest absolute Gasteiger partial charge is 0.493 e. The van der Waals surface area contributed by atoms with E-state index in [2.05, 4.69) is 5.32 Å². The monoisotopic (exact) mass is 368 g/mol. The fraction of sp³-hybridized carbons (Fsp3) is 0.333. The molecule has 0 aromatic heterocycles. The molecule has 3 rings (SSSR count). The molecule has 0 unspecified atom stereocenters. The van der Waals surface area contributed by atoms with E-state index >= 15 is 0 Å². The molecule has 2 aromatic rings. The van der Waals surface area contributed by atoms with Crippen LogP contribution in [-0.4, -0.2) is 42.6 Å². The van der Waals surface area contributed by atoms with Gasteiger partial charge in [-0.05, 0) is 37.1 Å². The van der Waals surface area contributed by atoms with Crippen LogP contribution in [0.25, 0.3) is 0 Å². The first-order chi connectivity index (χ1) is 13.2. The minimum atomic E-state index is -0.345. The zero-order valence-electron chi connectivity index (χ0n) is 15.2. The molecule has 27 heavy (non-hydrogen) atoms. The van der Waals surface area contributed by atoms with Crippen LogP contribution in [0.3, 0.4) is 0 Å². The molecule has 1 N–H and O–H groups in total. The first-order valence-electron chi connectivity index (χ1n) is 9.20. The summed E-state index contributed by atoms with van der Waals surface area (Å²) in [4.78, 5) is 25.9. The van der Waals surface area contributed by atoms with Crippen LogP contribution in [0.15, 0.2) is 60.7 Å². The Labute approximate surface area is 159 Å². The number of likely N-dealkylation sites (tertiary alicyclic amines) is 1. The van der Waals surface area contributed by atoms with Gasteiger partial charge in [-0.15, -0.1) is 0 Å². The van der Waals surface area contributed by atoms with Gasteiger partial charge in [-0.2, -0.15) is 0 Å². The fourth-order valence-corrected chi connectivity index (χ4v) is 2.94. The predicted molar refractivity (Wildman–Crippen MR) is 102 cm³/mol. The van der Waals surface area contributed by atoms with Gasteiger partial charge in [0.15, 0.2) is 0 Å². The second-order valence-corrected chi connectivity index (χ2v) is 6.42. The van der Waals surface area contributed by atoms with E-state index in [0.29, 0.717) is 31.9 Å². The predicted octanol–water partition coefficient (Wildman–Crippen LogP) is 3.24. The average Bonchev–Trinajstić information content (AvgIpc) is 2.70. The number of rotatable bonds is 6. The highest BCUT2D eigenvalue weighted by Crippen LogP contribution is 2.15. The van der Waals surface area contributed by atoms with Crippen molar-refractivity contribution in [3.63, 3.8) is 0 Å². The van der Waals surface area contributed by atoms with Crippen molar-refractivity contribution in [1.82, 2.24) is 10.2 Å². The van der Waals surface area contributed by atoms with Crippen LogP contribution in [0.2, 0.25) is 0 Å². The second kappa shape index (κ2) is 9.62. The lowest BCUT2D eigenvalue weighted by atomic mass is 10.1. The van der Waals surface area contributed by atoms with E-state index in [0.717, 1.165) is 18.6 Å². The van der Waals surface area contributed by atoms with Crippen LogP contribution in [0.1, 0.15) is 19.3 Å². The molecule has 0 bridgehead atoms. The number of carbonyl (C=O) groups is 2. The molecule has 1 aliphatic rings. The Bertz CT molecular complexity index is 728. The minimum Gasteiger partial charge on any atom is -0.493 e. The summed E-state index contributed by atoms with van der Waals surface area (Å²) in [5.41, 5.74) is 0. The Morgan fingerprint density at radius 2 is 1.52 bits per heavy atom. The topological polar surface area (TPSA) is 67.9 Å². The number of carbonyl (C=O) groups excluding carboxylic acids is 2. The molecule has 0 saturated carbocycles. The third-order valence-electron chi connectivity index (χ3n) is 4.41. The zero-order chi connectivity index (χ0) is 18.9. The Balaban J connectivity index is 1.34. The average molecular weight is 368 g/mol. The normalized spacial score (nSPS) is 14.4. The highest BCUT2D eigenvalue weighted by Gasteiger charge is 2.25. The number of ether oxygens (including phenoxy) is 2. The number of nitrogens with zero attached hydrogens (tertiary/aromatic N) is 1. The Kier molecular flexibility index (Phi) is 6.68. The van der Waals surface area contributed by atoms with Gasteiger partial charge in [-0.3, -0.25) is 4.79 Å². The van der Waals surface area contributed by atoms with Gasteiger partial charge in [-0.25, -0.2) is 4.79 Å². The first-order valence-corrected chi connectivity index (χ1v) is 9.20. The van der Waals surface area contributed by atoms with Crippen molar-refractivity contribution in [3.05, 3.63) is 60.7 Å². The standard InChI is InChI=1S/C21H24N2O4/c24-20(13-16-26-18-7-3-1-4-8-18)22-17-11-14-23(15-12-17)21(25)27-19-9-5-2-6-10-19/h1-10,17H,11-16H2,(H,22,24). The lowest BCUT2D eigenvalue weighted by Gasteiger charge is -2.31. The van der Waals surface area contributed by atoms with Crippen LogP contribution >= 0.6 is 0 Å². The van der Waals surface area contributed by atoms with Gasteiger partial charge in [0, 0.05) is 19.1 Å². The maximum absolute atomic E-state index is 12.2. The number of para-hydroxylation sites is 2. The third kappa shape index (κ3) is 6.02. The van der Waals surface area contributed by atoms with Gasteiger partial charge in [-0.1, -0.05) is 36.4 Å². The van der Waals surface area contributed by atoms with E-state index in [1.807, 2.05) is 48.5 Å². The number of nitrogens with one attached hydrogen (secondary N) is 1. The maximum Gasteiger partial charge on any atom is 0.415 e. The van der Waals surface area contributed by atoms with Gasteiger partial charge in [0.05, 0.1) is 13.0 Å². The van der Waals surface area contributed by atoms with E-state index in [4.69, 9.17) is 9.47 Å². The van der Waals surface area contributed by atoms with Gasteiger partial charge in [0.1, 0.15) is 11.5 Å². The molecular weight excluding hydrogens is 344 g/mol. The van der Waals surface area contributed by atoms with Crippen LogP contribution in [0.4, 0.5) is 4.79 Å². The van der Waals surface area contributed by atoms with Crippen LogP contribution in [-0.2, 0) is 4.79 Å². The Hall–Kier alpha value is -3.02. The summed E-state index contributed by atoms with van der Waals surface area (Å²) in [6, 6.07) is 18.5. The molecule has 2 aromatic carbocycles. The van der Waals surface area contributed by atoms with Crippen LogP contribution < -0.4 is 14.8 Å². The number of piperidine rings is 1. The molecular formula is C21H24N2O4. The number of hydrogen-bond donors (Lipinski definition) is 1. The molecule has 1 aliphatic heterocycles. The smallest absolute Gasteiger partial charge is 0.415 e. The van der Waals surface area contributed by atoms with Crippen molar-refractivity contribution >= 4 is 12.0 Å². The van der Waals surface area contributed by atoms with E-state index in [1.54, 1.807) is 17.0 Å². The van der Waals surface area contributed by atoms with Crippen molar-refractivity contribution in [2.45, 2.75) is 25.3 Å². The summed E-state index contributed by atoms with van der Waals surface area (Å²) in [7, 11) is 0. The van der Waals surface area contributed by atoms with E-state index in [-0.39, 0.29) is 18.0 Å². The molecule has 6 nitrogen and oxygen atoms in total. The van der Waals surface area contributed by atoms with E-state index in [1.165, 1.54) is 0 Å². The molecule has 2 amide bonds. The molecule has 1 fully saturated rings. The SMILES string of the molecule is O=C(CCOc1ccccc1)NC1CCN(C(=O)Oc2ccccc2)CC1. The second-order valence-electron chi connectivity index (χ2n) is 6.42. The molecule has 0 atom stereocenters. The molecule has 0 radical (unpaired) electrons. The molecule has 1 saturated heterocycles. The summed E-state index contributed by atoms with van der Waals surface area (Å²) in [5.74, 6) is 1.27. The number of hydrogen-bond acceptors (Lipinski definition) is 4. The molecule has 0 aliphatic carbocycles. The maximum atomic E-state index is 12.2. The molecule has 6 heteroatoms. The van der Waals surface area contributed by atoms with Gasteiger partial charge >= 0.3 is 6.09 Å². The number of benzene rings is 2. The molecule has 142 valence electrons. The molecule has 1 heterocycles. The van der Waals surface area contributed by atoms with Crippen molar-refractivity contribution in [2.75, 3.05) is 19.7 Å². The van der Waals surface area contributed by atoms with Gasteiger partial charge in [0.2, 0.25) is 5.91 Å². The highest BCUT2D eigenvalue weighted by atomic mass is 16.6. The van der Waals surface area contributed by atoms with Crippen molar-refractivity contribution in [1.29, 1.82) is 0 Å². The lowest BCUT2D eigenvalue weighted by molar-refractivity contribution is -0.122. The van der Waals surface area contributed by atoms with Crippen molar-refractivity contribution in [3.8, 4) is 11.5 Å². The fourth-order valence-electron chi connectivity index (χ4n) is 2.94. The van der Waals surface area contributed by atoms with Crippen LogP contribution in [0.5, 0.6) is 11.5 Å². The van der Waals surface area contributed by atoms with Crippen molar-refractivity contribution in [2.24, 2.45) is 0 Å². The minimum absolute atomic E-state index is 0.0313. The molecule has 0 spiro atoms. The summed E-state index contributed by atoms with van der Waals surface area (Å²) in [6.45, 7) is 1.48.